The summed E-state index contributed by atoms with van der Waals surface area (Å²) >= 11 is 1.72. The Morgan fingerprint density at radius 3 is 2.58 bits per heavy atom. The third-order valence-corrected chi connectivity index (χ3v) is 4.41. The Balaban J connectivity index is 1.78. The van der Waals surface area contributed by atoms with Crippen LogP contribution in [-0.2, 0) is 4.79 Å². The first kappa shape index (κ1) is 18.2. The number of thioether (sulfide) groups is 1. The molecular weight excluding hydrogens is 322 g/mol. The molecule has 2 aromatic carbocycles. The third kappa shape index (κ3) is 5.81. The largest absolute Gasteiger partial charge is 0.497 e. The molecule has 0 radical (unpaired) electrons. The molecule has 0 unspecified atom stereocenters. The highest BCUT2D eigenvalue weighted by atomic mass is 32.2. The van der Waals surface area contributed by atoms with Crippen molar-refractivity contribution in [1.29, 1.82) is 0 Å². The smallest absolute Gasteiger partial charge is 0.261 e. The van der Waals surface area contributed by atoms with Crippen molar-refractivity contribution in [3.63, 3.8) is 0 Å². The highest BCUT2D eigenvalue weighted by molar-refractivity contribution is 7.99. The van der Waals surface area contributed by atoms with Crippen molar-refractivity contribution in [2.24, 2.45) is 0 Å². The van der Waals surface area contributed by atoms with Crippen LogP contribution in [0, 0.1) is 0 Å². The van der Waals surface area contributed by atoms with E-state index in [4.69, 9.17) is 9.47 Å². The van der Waals surface area contributed by atoms with E-state index in [1.165, 1.54) is 4.90 Å². The Morgan fingerprint density at radius 2 is 1.88 bits per heavy atom. The van der Waals surface area contributed by atoms with Crippen LogP contribution in [0.25, 0.3) is 0 Å². The minimum atomic E-state index is -0.501. The second-order valence-corrected chi connectivity index (χ2v) is 6.31. The minimum absolute atomic E-state index is 0.0889. The number of hydrogen-bond acceptors (Lipinski definition) is 4. The number of hydrogen-bond donors (Lipinski definition) is 1. The van der Waals surface area contributed by atoms with Crippen LogP contribution in [0.2, 0.25) is 0 Å². The number of amides is 1. The lowest BCUT2D eigenvalue weighted by atomic mass is 10.2. The van der Waals surface area contributed by atoms with Crippen molar-refractivity contribution >= 4 is 17.7 Å². The van der Waals surface area contributed by atoms with Gasteiger partial charge in [-0.1, -0.05) is 31.2 Å². The van der Waals surface area contributed by atoms with E-state index in [2.05, 4.69) is 17.4 Å². The van der Waals surface area contributed by atoms with E-state index in [1.54, 1.807) is 24.9 Å². The summed E-state index contributed by atoms with van der Waals surface area (Å²) in [6.45, 7) is 2.54. The standard InChI is InChI=1S/C19H23NO3S/c1-3-18(23-16-9-7-8-15(14-16)22-2)19(21)20-12-13-24-17-10-5-4-6-11-17/h4-11,14,18H,3,12-13H2,1-2H3,(H,20,21)/t18-/m0/s1. The zero-order chi connectivity index (χ0) is 17.2. The summed E-state index contributed by atoms with van der Waals surface area (Å²) in [6.07, 6.45) is 0.105. The van der Waals surface area contributed by atoms with Gasteiger partial charge in [0.05, 0.1) is 7.11 Å². The Labute approximate surface area is 147 Å². The monoisotopic (exact) mass is 345 g/mol. The molecule has 0 spiro atoms. The Bertz CT molecular complexity index is 634. The van der Waals surface area contributed by atoms with Crippen molar-refractivity contribution in [1.82, 2.24) is 5.32 Å². The molecule has 0 aliphatic carbocycles. The van der Waals surface area contributed by atoms with Crippen molar-refractivity contribution < 1.29 is 14.3 Å². The molecule has 5 heteroatoms. The summed E-state index contributed by atoms with van der Waals surface area (Å²) in [6, 6.07) is 17.4. The third-order valence-electron chi connectivity index (χ3n) is 3.40. The number of rotatable bonds is 9. The van der Waals surface area contributed by atoms with Crippen LogP contribution in [0.3, 0.4) is 0 Å². The van der Waals surface area contributed by atoms with Gasteiger partial charge in [0, 0.05) is 23.3 Å². The number of methoxy groups -OCH3 is 1. The first-order chi connectivity index (χ1) is 11.7. The van der Waals surface area contributed by atoms with Gasteiger partial charge < -0.3 is 14.8 Å². The van der Waals surface area contributed by atoms with Gasteiger partial charge in [-0.05, 0) is 30.7 Å². The van der Waals surface area contributed by atoms with Gasteiger partial charge in [-0.2, -0.15) is 0 Å². The molecule has 0 heterocycles. The molecule has 1 amide bonds. The number of carbonyl (C=O) groups excluding carboxylic acids is 1. The average Bonchev–Trinajstić information content (AvgIpc) is 2.64. The maximum Gasteiger partial charge on any atom is 0.261 e. The zero-order valence-corrected chi connectivity index (χ0v) is 14.8. The van der Waals surface area contributed by atoms with E-state index < -0.39 is 6.10 Å². The van der Waals surface area contributed by atoms with E-state index in [0.717, 1.165) is 5.75 Å². The van der Waals surface area contributed by atoms with Gasteiger partial charge in [0.2, 0.25) is 0 Å². The van der Waals surface area contributed by atoms with Crippen molar-refractivity contribution in [2.45, 2.75) is 24.3 Å². The number of benzene rings is 2. The molecular formula is C19H23NO3S. The number of nitrogens with one attached hydrogen (secondary N) is 1. The summed E-state index contributed by atoms with van der Waals surface area (Å²) in [7, 11) is 1.60. The second kappa shape index (κ2) is 9.88. The van der Waals surface area contributed by atoms with Crippen LogP contribution in [0.1, 0.15) is 13.3 Å². The lowest BCUT2D eigenvalue weighted by Crippen LogP contribution is -2.39. The predicted octanol–water partition coefficient (Wildman–Crippen LogP) is 3.76. The first-order valence-electron chi connectivity index (χ1n) is 7.99. The molecule has 2 aromatic rings. The quantitative estimate of drug-likeness (QED) is 0.555. The summed E-state index contributed by atoms with van der Waals surface area (Å²) < 4.78 is 11.0. The lowest BCUT2D eigenvalue weighted by molar-refractivity contribution is -0.127. The molecule has 0 aliphatic heterocycles. The maximum absolute atomic E-state index is 12.3. The zero-order valence-electron chi connectivity index (χ0n) is 14.0. The van der Waals surface area contributed by atoms with Gasteiger partial charge in [-0.15, -0.1) is 11.8 Å². The fourth-order valence-electron chi connectivity index (χ4n) is 2.13. The van der Waals surface area contributed by atoms with Crippen molar-refractivity contribution in [3.05, 3.63) is 54.6 Å². The maximum atomic E-state index is 12.3. The predicted molar refractivity (Wildman–Crippen MR) is 97.9 cm³/mol. The van der Waals surface area contributed by atoms with E-state index in [0.29, 0.717) is 24.5 Å². The van der Waals surface area contributed by atoms with Gasteiger partial charge in [0.25, 0.3) is 5.91 Å². The Morgan fingerprint density at radius 1 is 1.12 bits per heavy atom. The van der Waals surface area contributed by atoms with Crippen LogP contribution in [0.4, 0.5) is 0 Å². The molecule has 2 rings (SSSR count). The molecule has 0 fully saturated rings. The van der Waals surface area contributed by atoms with Crippen LogP contribution < -0.4 is 14.8 Å². The highest BCUT2D eigenvalue weighted by Gasteiger charge is 2.18. The SMILES string of the molecule is CC[C@H](Oc1cccc(OC)c1)C(=O)NCCSc1ccccc1. The van der Waals surface area contributed by atoms with E-state index in [1.807, 2.05) is 43.3 Å². The van der Waals surface area contributed by atoms with Gasteiger partial charge in [0.15, 0.2) is 6.10 Å². The first-order valence-corrected chi connectivity index (χ1v) is 8.97. The molecule has 1 atom stereocenters. The minimum Gasteiger partial charge on any atom is -0.497 e. The molecule has 0 aliphatic rings. The molecule has 0 saturated carbocycles. The number of ether oxygens (including phenoxy) is 2. The summed E-state index contributed by atoms with van der Waals surface area (Å²) in [5.74, 6) is 2.08. The molecule has 1 N–H and O–H groups in total. The summed E-state index contributed by atoms with van der Waals surface area (Å²) in [5.41, 5.74) is 0. The molecule has 128 valence electrons. The molecule has 0 aromatic heterocycles. The van der Waals surface area contributed by atoms with Gasteiger partial charge in [-0.25, -0.2) is 0 Å². The number of carbonyl (C=O) groups is 1. The van der Waals surface area contributed by atoms with Gasteiger partial charge >= 0.3 is 0 Å². The van der Waals surface area contributed by atoms with E-state index in [-0.39, 0.29) is 5.91 Å². The highest BCUT2D eigenvalue weighted by Crippen LogP contribution is 2.21. The van der Waals surface area contributed by atoms with Crippen LogP contribution >= 0.6 is 11.8 Å². The second-order valence-electron chi connectivity index (χ2n) is 5.15. The summed E-state index contributed by atoms with van der Waals surface area (Å²) in [4.78, 5) is 13.5. The summed E-state index contributed by atoms with van der Waals surface area (Å²) in [5, 5.41) is 2.94. The van der Waals surface area contributed by atoms with Crippen molar-refractivity contribution in [2.75, 3.05) is 19.4 Å². The topological polar surface area (TPSA) is 47.6 Å². The molecule has 0 bridgehead atoms. The van der Waals surface area contributed by atoms with E-state index in [9.17, 15) is 4.79 Å². The normalized spacial score (nSPS) is 11.6. The fraction of sp³-hybridized carbons (Fsp3) is 0.316. The van der Waals surface area contributed by atoms with Gasteiger partial charge in [0.1, 0.15) is 11.5 Å². The van der Waals surface area contributed by atoms with Crippen LogP contribution in [0.5, 0.6) is 11.5 Å². The van der Waals surface area contributed by atoms with Crippen LogP contribution in [0.15, 0.2) is 59.5 Å². The Kier molecular flexibility index (Phi) is 7.49. The average molecular weight is 345 g/mol. The fourth-order valence-corrected chi connectivity index (χ4v) is 2.92. The van der Waals surface area contributed by atoms with Crippen molar-refractivity contribution in [3.8, 4) is 11.5 Å². The van der Waals surface area contributed by atoms with Crippen LogP contribution in [-0.4, -0.2) is 31.4 Å². The molecule has 24 heavy (non-hydrogen) atoms. The lowest BCUT2D eigenvalue weighted by Gasteiger charge is -2.17. The van der Waals surface area contributed by atoms with Gasteiger partial charge in [-0.3, -0.25) is 4.79 Å². The molecule has 0 saturated heterocycles. The van der Waals surface area contributed by atoms with E-state index >= 15 is 0 Å². The Hall–Kier alpha value is -2.14. The molecule has 4 nitrogen and oxygen atoms in total.